The molecule has 19 heavy (non-hydrogen) atoms. The molecule has 0 aromatic heterocycles. The molecule has 5 nitrogen and oxygen atoms in total. The van der Waals surface area contributed by atoms with Crippen LogP contribution in [0.4, 0.5) is 5.69 Å². The van der Waals surface area contributed by atoms with E-state index in [0.29, 0.717) is 29.2 Å². The number of rotatable bonds is 1. The molecule has 2 aliphatic rings. The third-order valence-electron chi connectivity index (χ3n) is 3.63. The van der Waals surface area contributed by atoms with Crippen LogP contribution in [0.3, 0.4) is 0 Å². The van der Waals surface area contributed by atoms with Gasteiger partial charge in [0.25, 0.3) is 5.91 Å². The Labute approximate surface area is 115 Å². The molecule has 100 valence electrons. The third-order valence-corrected chi connectivity index (χ3v) is 3.86. The highest BCUT2D eigenvalue weighted by atomic mass is 35.5. The number of carbonyl (C=O) groups excluding carboxylic acids is 2. The first kappa shape index (κ1) is 12.4. The van der Waals surface area contributed by atoms with Gasteiger partial charge in [0, 0.05) is 25.1 Å². The molecule has 2 amide bonds. The zero-order valence-corrected chi connectivity index (χ0v) is 11.1. The van der Waals surface area contributed by atoms with Crippen molar-refractivity contribution in [2.24, 2.45) is 0 Å². The number of amides is 2. The predicted octanol–water partition coefficient (Wildman–Crippen LogP) is 1.52. The van der Waals surface area contributed by atoms with Crippen LogP contribution in [0.25, 0.3) is 0 Å². The van der Waals surface area contributed by atoms with Crippen LogP contribution in [-0.2, 0) is 9.53 Å². The number of ether oxygens (including phenoxy) is 1. The Morgan fingerprint density at radius 2 is 2.21 bits per heavy atom. The summed E-state index contributed by atoms with van der Waals surface area (Å²) in [5, 5.41) is 3.26. The number of benzene rings is 1. The zero-order chi connectivity index (χ0) is 13.6. The highest BCUT2D eigenvalue weighted by Gasteiger charge is 2.42. The number of anilines is 1. The monoisotopic (exact) mass is 280 g/mol. The number of hydrogen-bond acceptors (Lipinski definition) is 3. The van der Waals surface area contributed by atoms with Crippen LogP contribution in [0, 0.1) is 0 Å². The Balaban J connectivity index is 2.03. The van der Waals surface area contributed by atoms with Gasteiger partial charge in [-0.2, -0.15) is 0 Å². The molecule has 2 aliphatic heterocycles. The van der Waals surface area contributed by atoms with E-state index in [1.807, 2.05) is 0 Å². The first-order valence-corrected chi connectivity index (χ1v) is 6.42. The van der Waals surface area contributed by atoms with Crippen LogP contribution >= 0.6 is 11.6 Å². The van der Waals surface area contributed by atoms with Gasteiger partial charge in [-0.1, -0.05) is 11.6 Å². The van der Waals surface area contributed by atoms with Gasteiger partial charge in [0.2, 0.25) is 5.91 Å². The second-order valence-corrected chi connectivity index (χ2v) is 5.18. The Kier molecular flexibility index (Phi) is 2.95. The molecule has 1 N–H and O–H groups in total. The Hall–Kier alpha value is -1.59. The van der Waals surface area contributed by atoms with Crippen molar-refractivity contribution in [1.29, 1.82) is 0 Å². The van der Waals surface area contributed by atoms with E-state index >= 15 is 0 Å². The molecule has 3 rings (SSSR count). The predicted molar refractivity (Wildman–Crippen MR) is 70.3 cm³/mol. The Morgan fingerprint density at radius 3 is 2.95 bits per heavy atom. The second-order valence-electron chi connectivity index (χ2n) is 4.75. The van der Waals surface area contributed by atoms with Crippen molar-refractivity contribution in [1.82, 2.24) is 4.90 Å². The summed E-state index contributed by atoms with van der Waals surface area (Å²) in [5.74, 6) is -0.344. The van der Waals surface area contributed by atoms with Gasteiger partial charge in [-0.15, -0.1) is 0 Å². The van der Waals surface area contributed by atoms with Gasteiger partial charge in [-0.25, -0.2) is 0 Å². The number of nitrogens with one attached hydrogen (secondary N) is 1. The van der Waals surface area contributed by atoms with Crippen molar-refractivity contribution in [2.75, 3.05) is 19.0 Å². The molecule has 0 aliphatic carbocycles. The van der Waals surface area contributed by atoms with Crippen LogP contribution in [0.15, 0.2) is 18.2 Å². The molecule has 2 heterocycles. The second kappa shape index (κ2) is 4.51. The summed E-state index contributed by atoms with van der Waals surface area (Å²) < 4.78 is 5.25. The summed E-state index contributed by atoms with van der Waals surface area (Å²) in [6.07, 6.45) is 0.434. The normalized spacial score (nSPS) is 25.7. The van der Waals surface area contributed by atoms with Gasteiger partial charge in [-0.05, 0) is 18.2 Å². The summed E-state index contributed by atoms with van der Waals surface area (Å²) >= 11 is 5.90. The summed E-state index contributed by atoms with van der Waals surface area (Å²) in [5.41, 5.74) is 0.947. The van der Waals surface area contributed by atoms with E-state index in [1.54, 1.807) is 30.2 Å². The fraction of sp³-hybridized carbons (Fsp3) is 0.385. The topological polar surface area (TPSA) is 58.6 Å². The van der Waals surface area contributed by atoms with Crippen molar-refractivity contribution in [3.05, 3.63) is 28.8 Å². The quantitative estimate of drug-likeness (QED) is 0.848. The molecule has 0 saturated carbocycles. The van der Waals surface area contributed by atoms with Crippen LogP contribution in [0.5, 0.6) is 0 Å². The molecule has 1 saturated heterocycles. The molecule has 2 atom stereocenters. The van der Waals surface area contributed by atoms with Crippen molar-refractivity contribution >= 4 is 29.1 Å². The van der Waals surface area contributed by atoms with Crippen molar-refractivity contribution in [3.8, 4) is 0 Å². The average molecular weight is 281 g/mol. The van der Waals surface area contributed by atoms with E-state index in [9.17, 15) is 9.59 Å². The molecular formula is C13H13ClN2O3. The van der Waals surface area contributed by atoms with Crippen LogP contribution in [0.2, 0.25) is 5.02 Å². The maximum absolute atomic E-state index is 12.5. The number of methoxy groups -OCH3 is 1. The minimum Gasteiger partial charge on any atom is -0.380 e. The molecule has 1 aromatic carbocycles. The summed E-state index contributed by atoms with van der Waals surface area (Å²) in [6.45, 7) is 0.440. The van der Waals surface area contributed by atoms with E-state index in [2.05, 4.69) is 5.32 Å². The SMILES string of the molecule is COC1CC2C(=O)Nc3cc(Cl)ccc3C(=O)N2C1. The Morgan fingerprint density at radius 1 is 1.42 bits per heavy atom. The minimum absolute atomic E-state index is 0.0893. The van der Waals surface area contributed by atoms with Crippen molar-refractivity contribution in [2.45, 2.75) is 18.6 Å². The van der Waals surface area contributed by atoms with Gasteiger partial charge in [0.1, 0.15) is 6.04 Å². The van der Waals surface area contributed by atoms with Gasteiger partial charge >= 0.3 is 0 Å². The maximum Gasteiger partial charge on any atom is 0.256 e. The van der Waals surface area contributed by atoms with E-state index < -0.39 is 6.04 Å². The van der Waals surface area contributed by atoms with Crippen LogP contribution in [0.1, 0.15) is 16.8 Å². The molecule has 0 spiro atoms. The fourth-order valence-electron chi connectivity index (χ4n) is 2.62. The molecule has 6 heteroatoms. The number of nitrogens with zero attached hydrogens (tertiary/aromatic N) is 1. The molecule has 1 aromatic rings. The highest BCUT2D eigenvalue weighted by molar-refractivity contribution is 6.31. The van der Waals surface area contributed by atoms with Crippen molar-refractivity contribution in [3.63, 3.8) is 0 Å². The van der Waals surface area contributed by atoms with E-state index in [0.717, 1.165) is 0 Å². The summed E-state index contributed by atoms with van der Waals surface area (Å²) in [6, 6.07) is 4.42. The van der Waals surface area contributed by atoms with Crippen molar-refractivity contribution < 1.29 is 14.3 Å². The number of carbonyl (C=O) groups is 2. The lowest BCUT2D eigenvalue weighted by molar-refractivity contribution is -0.119. The molecule has 0 radical (unpaired) electrons. The third kappa shape index (κ3) is 1.99. The summed E-state index contributed by atoms with van der Waals surface area (Å²) in [4.78, 5) is 26.2. The Bertz CT molecular complexity index is 561. The first-order chi connectivity index (χ1) is 9.10. The van der Waals surface area contributed by atoms with E-state index in [-0.39, 0.29) is 17.9 Å². The van der Waals surface area contributed by atoms with Gasteiger partial charge in [-0.3, -0.25) is 9.59 Å². The molecule has 0 bridgehead atoms. The summed E-state index contributed by atoms with van der Waals surface area (Å²) in [7, 11) is 1.59. The minimum atomic E-state index is -0.469. The molecular weight excluding hydrogens is 268 g/mol. The van der Waals surface area contributed by atoms with E-state index in [1.165, 1.54) is 0 Å². The van der Waals surface area contributed by atoms with E-state index in [4.69, 9.17) is 16.3 Å². The lowest BCUT2D eigenvalue weighted by Crippen LogP contribution is -2.40. The van der Waals surface area contributed by atoms with Gasteiger partial charge < -0.3 is 15.0 Å². The van der Waals surface area contributed by atoms with Gasteiger partial charge in [0.15, 0.2) is 0 Å². The smallest absolute Gasteiger partial charge is 0.256 e. The fourth-order valence-corrected chi connectivity index (χ4v) is 2.79. The average Bonchev–Trinajstić information content (AvgIpc) is 2.79. The lowest BCUT2D eigenvalue weighted by atomic mass is 10.1. The largest absolute Gasteiger partial charge is 0.380 e. The van der Waals surface area contributed by atoms with Crippen LogP contribution in [-0.4, -0.2) is 42.5 Å². The number of hydrogen-bond donors (Lipinski definition) is 1. The number of halogens is 1. The highest BCUT2D eigenvalue weighted by Crippen LogP contribution is 2.31. The molecule has 2 unspecified atom stereocenters. The maximum atomic E-state index is 12.5. The zero-order valence-electron chi connectivity index (χ0n) is 10.4. The molecule has 1 fully saturated rings. The van der Waals surface area contributed by atoms with Crippen LogP contribution < -0.4 is 5.32 Å². The first-order valence-electron chi connectivity index (χ1n) is 6.04. The van der Waals surface area contributed by atoms with Gasteiger partial charge in [0.05, 0.1) is 17.4 Å². The standard InChI is InChI=1S/C13H13ClN2O3/c1-19-8-5-11-12(17)15-10-4-7(14)2-3-9(10)13(18)16(11)6-8/h2-4,8,11H,5-6H2,1H3,(H,15,17). The number of fused-ring (bicyclic) bond motifs is 2. The lowest BCUT2D eigenvalue weighted by Gasteiger charge is -2.19.